The second-order valence-corrected chi connectivity index (χ2v) is 8.31. The van der Waals surface area contributed by atoms with Gasteiger partial charge in [-0.05, 0) is 0 Å². The van der Waals surface area contributed by atoms with E-state index in [1.807, 2.05) is 25.1 Å². The van der Waals surface area contributed by atoms with E-state index in [2.05, 4.69) is 51.1 Å². The minimum absolute atomic E-state index is 0.00781. The third-order valence-electron chi connectivity index (χ3n) is 3.75. The summed E-state index contributed by atoms with van der Waals surface area (Å²) in [7, 11) is 0. The molecule has 0 radical (unpaired) electrons. The van der Waals surface area contributed by atoms with Gasteiger partial charge in [0.05, 0.1) is 0 Å². The Morgan fingerprint density at radius 3 is 2.43 bits per heavy atom. The van der Waals surface area contributed by atoms with E-state index in [9.17, 15) is 4.79 Å². The molecule has 0 aliphatic rings. The molecule has 1 atom stereocenters. The van der Waals surface area contributed by atoms with Crippen molar-refractivity contribution in [1.29, 1.82) is 0 Å². The first kappa shape index (κ1) is 17.8. The number of carbonyl (C=O) groups excluding carboxylic acids is 1. The Kier molecular flexibility index (Phi) is 6.44. The second kappa shape index (κ2) is 8.33. The van der Waals surface area contributed by atoms with Crippen LogP contribution in [0.15, 0.2) is 48.5 Å². The zero-order valence-electron chi connectivity index (χ0n) is 14.2. The van der Waals surface area contributed by atoms with E-state index in [4.69, 9.17) is 4.74 Å². The van der Waals surface area contributed by atoms with Crippen molar-refractivity contribution < 1.29 is 9.53 Å². The Morgan fingerprint density at radius 2 is 1.83 bits per heavy atom. The van der Waals surface area contributed by atoms with Crippen LogP contribution in [-0.2, 0) is 9.53 Å². The first-order chi connectivity index (χ1) is 11.0. The normalized spacial score (nSPS) is 12.2. The Morgan fingerprint density at radius 1 is 1.13 bits per heavy atom. The molecule has 2 aromatic carbocycles. The zero-order valence-corrected chi connectivity index (χ0v) is 15.9. The summed E-state index contributed by atoms with van der Waals surface area (Å²) in [5, 5.41) is 0. The van der Waals surface area contributed by atoms with Crippen molar-refractivity contribution in [2.75, 3.05) is 6.61 Å². The molecule has 0 N–H and O–H groups in total. The van der Waals surface area contributed by atoms with Gasteiger partial charge >= 0.3 is 145 Å². The van der Waals surface area contributed by atoms with Crippen molar-refractivity contribution in [2.24, 2.45) is 0 Å². The van der Waals surface area contributed by atoms with Crippen LogP contribution >= 0.6 is 0 Å². The van der Waals surface area contributed by atoms with Gasteiger partial charge in [0.2, 0.25) is 0 Å². The van der Waals surface area contributed by atoms with Gasteiger partial charge in [-0.3, -0.25) is 0 Å². The van der Waals surface area contributed by atoms with Crippen molar-refractivity contribution in [1.82, 2.24) is 0 Å². The summed E-state index contributed by atoms with van der Waals surface area (Å²) in [6, 6.07) is 16.7. The number of carbonyl (C=O) groups is 1. The van der Waals surface area contributed by atoms with E-state index >= 15 is 0 Å². The van der Waals surface area contributed by atoms with Crippen LogP contribution in [0.25, 0.3) is 0 Å². The first-order valence-electron chi connectivity index (χ1n) is 8.01. The van der Waals surface area contributed by atoms with Crippen molar-refractivity contribution in [3.8, 4) is 0 Å². The molecule has 2 aromatic rings. The van der Waals surface area contributed by atoms with Crippen LogP contribution < -0.4 is 4.46 Å². The summed E-state index contributed by atoms with van der Waals surface area (Å²) in [5.74, 6) is 0.335. The molecule has 3 heteroatoms. The van der Waals surface area contributed by atoms with Crippen LogP contribution in [-0.4, -0.2) is 27.5 Å². The third kappa shape index (κ3) is 4.70. The summed E-state index contributed by atoms with van der Waals surface area (Å²) < 4.78 is 6.58. The Labute approximate surface area is 145 Å². The fraction of sp³-hybridized carbons (Fsp3) is 0.350. The van der Waals surface area contributed by atoms with E-state index in [0.29, 0.717) is 12.5 Å². The number of hydrogen-bond acceptors (Lipinski definition) is 2. The minimum atomic E-state index is -0.191. The topological polar surface area (TPSA) is 26.3 Å². The molecular weight excluding hydrogens is 351 g/mol. The molecule has 0 amide bonds. The Bertz CT molecular complexity index is 650. The molecule has 23 heavy (non-hydrogen) atoms. The average molecular weight is 375 g/mol. The quantitative estimate of drug-likeness (QED) is 0.568. The van der Waals surface area contributed by atoms with E-state index in [1.54, 1.807) is 0 Å². The van der Waals surface area contributed by atoms with Crippen molar-refractivity contribution >= 4 is 25.4 Å². The SMILES string of the molecule is CCOC(=O)C([Se]c1ccccc1)c1cc(C(C)C)ccc1C. The van der Waals surface area contributed by atoms with Gasteiger partial charge in [-0.25, -0.2) is 0 Å². The molecule has 1 unspecified atom stereocenters. The molecule has 0 spiro atoms. The average Bonchev–Trinajstić information content (AvgIpc) is 2.54. The Balaban J connectivity index is 2.40. The molecule has 0 heterocycles. The summed E-state index contributed by atoms with van der Waals surface area (Å²) in [5.41, 5.74) is 3.53. The molecule has 0 aliphatic heterocycles. The molecule has 0 aliphatic carbocycles. The third-order valence-corrected chi connectivity index (χ3v) is 6.32. The summed E-state index contributed by atoms with van der Waals surface area (Å²) in [6.45, 7) is 8.71. The standard InChI is InChI=1S/C20H24O2Se/c1-5-22-20(21)19(23-17-9-7-6-8-10-17)18-13-16(14(2)3)12-11-15(18)4/h6-14,19H,5H2,1-4H3. The number of hydrogen-bond donors (Lipinski definition) is 0. The van der Waals surface area contributed by atoms with Gasteiger partial charge < -0.3 is 0 Å². The van der Waals surface area contributed by atoms with Crippen molar-refractivity contribution in [3.63, 3.8) is 0 Å². The zero-order chi connectivity index (χ0) is 16.8. The molecule has 122 valence electrons. The van der Waals surface area contributed by atoms with Gasteiger partial charge in [-0.1, -0.05) is 0 Å². The van der Waals surface area contributed by atoms with Crippen LogP contribution in [0.4, 0.5) is 0 Å². The van der Waals surface area contributed by atoms with Gasteiger partial charge in [-0.15, -0.1) is 0 Å². The molecule has 2 nitrogen and oxygen atoms in total. The van der Waals surface area contributed by atoms with E-state index in [-0.39, 0.29) is 25.7 Å². The van der Waals surface area contributed by atoms with E-state index in [1.165, 1.54) is 10.0 Å². The summed E-state index contributed by atoms with van der Waals surface area (Å²) in [6.07, 6.45) is 0. The Hall–Kier alpha value is -1.57. The molecular formula is C20H24O2Se. The summed E-state index contributed by atoms with van der Waals surface area (Å²) >= 11 is 0.00781. The van der Waals surface area contributed by atoms with Crippen molar-refractivity contribution in [3.05, 3.63) is 65.2 Å². The predicted molar refractivity (Wildman–Crippen MR) is 96.5 cm³/mol. The van der Waals surface area contributed by atoms with Crippen LogP contribution in [0.2, 0.25) is 0 Å². The molecule has 0 saturated heterocycles. The van der Waals surface area contributed by atoms with Gasteiger partial charge in [-0.2, -0.15) is 0 Å². The fourth-order valence-electron chi connectivity index (χ4n) is 2.39. The molecule has 2 rings (SSSR count). The van der Waals surface area contributed by atoms with Gasteiger partial charge in [0, 0.05) is 0 Å². The number of rotatable bonds is 6. The number of aryl methyl sites for hydroxylation is 1. The molecule has 0 saturated carbocycles. The number of esters is 1. The summed E-state index contributed by atoms with van der Waals surface area (Å²) in [4.78, 5) is 12.4. The number of benzene rings is 2. The van der Waals surface area contributed by atoms with Crippen LogP contribution in [0, 0.1) is 6.92 Å². The second-order valence-electron chi connectivity index (χ2n) is 5.83. The van der Waals surface area contributed by atoms with Gasteiger partial charge in [0.25, 0.3) is 0 Å². The van der Waals surface area contributed by atoms with Gasteiger partial charge in [0.15, 0.2) is 0 Å². The monoisotopic (exact) mass is 376 g/mol. The molecule has 0 fully saturated rings. The van der Waals surface area contributed by atoms with Crippen molar-refractivity contribution in [2.45, 2.75) is 38.4 Å². The van der Waals surface area contributed by atoms with Gasteiger partial charge in [0.1, 0.15) is 0 Å². The first-order valence-corrected chi connectivity index (χ1v) is 9.86. The molecule has 0 bridgehead atoms. The maximum atomic E-state index is 12.6. The number of ether oxygens (including phenoxy) is 1. The van der Waals surface area contributed by atoms with Crippen LogP contribution in [0.5, 0.6) is 0 Å². The fourth-order valence-corrected chi connectivity index (χ4v) is 4.77. The van der Waals surface area contributed by atoms with Crippen LogP contribution in [0.3, 0.4) is 0 Å². The van der Waals surface area contributed by atoms with Crippen LogP contribution in [0.1, 0.15) is 48.2 Å². The van der Waals surface area contributed by atoms with E-state index in [0.717, 1.165) is 11.1 Å². The van der Waals surface area contributed by atoms with E-state index < -0.39 is 0 Å². The predicted octanol–water partition coefficient (Wildman–Crippen LogP) is 3.75. The maximum absolute atomic E-state index is 12.6. The molecule has 0 aromatic heterocycles.